The summed E-state index contributed by atoms with van der Waals surface area (Å²) in [5, 5.41) is 6.29. The highest BCUT2D eigenvalue weighted by Crippen LogP contribution is 2.45. The number of carbonyl (C=O) groups is 2. The zero-order chi connectivity index (χ0) is 23.2. The number of amides is 3. The summed E-state index contributed by atoms with van der Waals surface area (Å²) in [6.45, 7) is 1.89. The highest BCUT2D eigenvalue weighted by atomic mass is 35.5. The Morgan fingerprint density at radius 3 is 2.79 bits per heavy atom. The van der Waals surface area contributed by atoms with Crippen LogP contribution < -0.4 is 25.0 Å². The predicted molar refractivity (Wildman–Crippen MR) is 126 cm³/mol. The van der Waals surface area contributed by atoms with Gasteiger partial charge >= 0.3 is 6.03 Å². The molecule has 5 rings (SSSR count). The quantitative estimate of drug-likeness (QED) is 0.545. The SMILES string of the molecule is COc1ccc(NC(=O)c2cccc(N3C(=O)NC4CC3(C)Oc3ccccc34)c2)cc1Cl. The third-order valence-electron chi connectivity index (χ3n) is 5.96. The third kappa shape index (κ3) is 3.74. The Labute approximate surface area is 196 Å². The number of fused-ring (bicyclic) bond motifs is 4. The molecule has 2 aliphatic heterocycles. The molecule has 2 atom stereocenters. The van der Waals surface area contributed by atoms with Crippen LogP contribution in [0.2, 0.25) is 5.02 Å². The van der Waals surface area contributed by atoms with Gasteiger partial charge in [-0.15, -0.1) is 0 Å². The number of methoxy groups -OCH3 is 1. The number of anilines is 2. The number of halogens is 1. The van der Waals surface area contributed by atoms with E-state index in [4.69, 9.17) is 21.1 Å². The van der Waals surface area contributed by atoms with Crippen LogP contribution in [0, 0.1) is 0 Å². The summed E-state index contributed by atoms with van der Waals surface area (Å²) in [5.41, 5.74) is 1.57. The standard InChI is InChI=1S/C25H22ClN3O4/c1-25-14-20(18-8-3-4-9-21(18)33-25)28-24(31)29(25)17-7-5-6-15(12-17)23(30)27-16-10-11-22(32-2)19(26)13-16/h3-13,20H,14H2,1-2H3,(H,27,30)(H,28,31). The second-order valence-corrected chi connectivity index (χ2v) is 8.62. The largest absolute Gasteiger partial charge is 0.495 e. The number of hydrogen-bond donors (Lipinski definition) is 2. The van der Waals surface area contributed by atoms with Crippen molar-refractivity contribution in [3.63, 3.8) is 0 Å². The molecule has 7 nitrogen and oxygen atoms in total. The van der Waals surface area contributed by atoms with Crippen molar-refractivity contribution in [1.29, 1.82) is 0 Å². The van der Waals surface area contributed by atoms with E-state index < -0.39 is 5.72 Å². The van der Waals surface area contributed by atoms with Crippen LogP contribution in [-0.2, 0) is 0 Å². The fourth-order valence-electron chi connectivity index (χ4n) is 4.45. The molecule has 0 saturated carbocycles. The summed E-state index contributed by atoms with van der Waals surface area (Å²) in [6.07, 6.45) is 0.580. The summed E-state index contributed by atoms with van der Waals surface area (Å²) in [5.74, 6) is 0.938. The maximum atomic E-state index is 13.1. The van der Waals surface area contributed by atoms with Crippen molar-refractivity contribution in [3.8, 4) is 11.5 Å². The molecule has 168 valence electrons. The monoisotopic (exact) mass is 463 g/mol. The lowest BCUT2D eigenvalue weighted by Crippen LogP contribution is -2.65. The van der Waals surface area contributed by atoms with Crippen LogP contribution in [-0.4, -0.2) is 24.8 Å². The molecule has 8 heteroatoms. The zero-order valence-corrected chi connectivity index (χ0v) is 18.8. The number of nitrogens with one attached hydrogen (secondary N) is 2. The number of hydrogen-bond acceptors (Lipinski definition) is 4. The second kappa shape index (κ2) is 8.01. The normalized spacial score (nSPS) is 20.9. The Kier molecular flexibility index (Phi) is 5.13. The molecule has 0 aromatic heterocycles. The Morgan fingerprint density at radius 2 is 2.00 bits per heavy atom. The van der Waals surface area contributed by atoms with Crippen LogP contribution in [0.25, 0.3) is 0 Å². The molecular formula is C25H22ClN3O4. The van der Waals surface area contributed by atoms with E-state index in [1.165, 1.54) is 7.11 Å². The molecule has 3 amide bonds. The number of urea groups is 1. The first-order chi connectivity index (χ1) is 15.9. The smallest absolute Gasteiger partial charge is 0.325 e. The summed E-state index contributed by atoms with van der Waals surface area (Å²) >= 11 is 6.16. The van der Waals surface area contributed by atoms with Gasteiger partial charge in [0.05, 0.1) is 23.9 Å². The third-order valence-corrected chi connectivity index (χ3v) is 6.25. The van der Waals surface area contributed by atoms with E-state index in [1.54, 1.807) is 47.4 Å². The van der Waals surface area contributed by atoms with E-state index in [-0.39, 0.29) is 18.0 Å². The number of rotatable bonds is 4. The second-order valence-electron chi connectivity index (χ2n) is 8.21. The van der Waals surface area contributed by atoms with E-state index in [0.717, 1.165) is 11.3 Å². The van der Waals surface area contributed by atoms with Gasteiger partial charge in [-0.05, 0) is 49.4 Å². The van der Waals surface area contributed by atoms with Crippen molar-refractivity contribution >= 4 is 34.9 Å². The van der Waals surface area contributed by atoms with Gasteiger partial charge in [0.25, 0.3) is 5.91 Å². The number of para-hydroxylation sites is 1. The van der Waals surface area contributed by atoms with Gasteiger partial charge < -0.3 is 20.1 Å². The van der Waals surface area contributed by atoms with Crippen LogP contribution in [0.1, 0.15) is 35.3 Å². The van der Waals surface area contributed by atoms with Gasteiger partial charge in [-0.1, -0.05) is 35.9 Å². The van der Waals surface area contributed by atoms with Gasteiger partial charge in [-0.2, -0.15) is 0 Å². The molecule has 0 spiro atoms. The van der Waals surface area contributed by atoms with Crippen LogP contribution in [0.3, 0.4) is 0 Å². The van der Waals surface area contributed by atoms with Crippen LogP contribution in [0.5, 0.6) is 11.5 Å². The molecule has 3 aromatic rings. The summed E-state index contributed by atoms with van der Waals surface area (Å²) in [4.78, 5) is 27.6. The van der Waals surface area contributed by atoms with E-state index >= 15 is 0 Å². The van der Waals surface area contributed by atoms with Gasteiger partial charge in [0, 0.05) is 23.2 Å². The number of benzene rings is 3. The lowest BCUT2D eigenvalue weighted by atomic mass is 9.90. The molecule has 2 N–H and O–H groups in total. The van der Waals surface area contributed by atoms with Crippen molar-refractivity contribution in [3.05, 3.63) is 82.9 Å². The summed E-state index contributed by atoms with van der Waals surface area (Å²) < 4.78 is 11.4. The van der Waals surface area contributed by atoms with E-state index in [9.17, 15) is 9.59 Å². The Balaban J connectivity index is 1.42. The zero-order valence-electron chi connectivity index (χ0n) is 18.1. The van der Waals surface area contributed by atoms with Gasteiger partial charge in [0.15, 0.2) is 5.72 Å². The van der Waals surface area contributed by atoms with Crippen LogP contribution in [0.4, 0.5) is 16.2 Å². The van der Waals surface area contributed by atoms with Crippen LogP contribution in [0.15, 0.2) is 66.7 Å². The van der Waals surface area contributed by atoms with Crippen molar-refractivity contribution in [1.82, 2.24) is 5.32 Å². The minimum Gasteiger partial charge on any atom is -0.495 e. The fraction of sp³-hybridized carbons (Fsp3) is 0.200. The minimum atomic E-state index is -0.889. The maximum Gasteiger partial charge on any atom is 0.325 e. The van der Waals surface area contributed by atoms with E-state index in [0.29, 0.717) is 34.1 Å². The van der Waals surface area contributed by atoms with Gasteiger partial charge in [0.1, 0.15) is 11.5 Å². The predicted octanol–water partition coefficient (Wildman–Crippen LogP) is 5.37. The topological polar surface area (TPSA) is 79.9 Å². The number of ether oxygens (including phenoxy) is 2. The highest BCUT2D eigenvalue weighted by molar-refractivity contribution is 6.32. The molecular weight excluding hydrogens is 442 g/mol. The molecule has 0 radical (unpaired) electrons. The molecule has 2 heterocycles. The summed E-state index contributed by atoms with van der Waals surface area (Å²) in [7, 11) is 1.53. The summed E-state index contributed by atoms with van der Waals surface area (Å²) in [6, 6.07) is 19.2. The Morgan fingerprint density at radius 1 is 1.18 bits per heavy atom. The highest BCUT2D eigenvalue weighted by Gasteiger charge is 2.49. The first-order valence-corrected chi connectivity index (χ1v) is 10.9. The first kappa shape index (κ1) is 21.2. The molecule has 2 aliphatic rings. The van der Waals surface area contributed by atoms with Gasteiger partial charge in [0.2, 0.25) is 0 Å². The fourth-order valence-corrected chi connectivity index (χ4v) is 4.70. The minimum absolute atomic E-state index is 0.130. The van der Waals surface area contributed by atoms with E-state index in [2.05, 4.69) is 10.6 Å². The van der Waals surface area contributed by atoms with Crippen molar-refractivity contribution in [2.45, 2.75) is 25.1 Å². The molecule has 2 unspecified atom stereocenters. The number of carbonyl (C=O) groups excluding carboxylic acids is 2. The lowest BCUT2D eigenvalue weighted by molar-refractivity contribution is 0.0378. The molecule has 2 bridgehead atoms. The van der Waals surface area contributed by atoms with Crippen molar-refractivity contribution < 1.29 is 19.1 Å². The number of nitrogens with zero attached hydrogens (tertiary/aromatic N) is 1. The molecule has 1 saturated heterocycles. The molecule has 3 aromatic carbocycles. The molecule has 1 fully saturated rings. The average Bonchev–Trinajstić information content (AvgIpc) is 2.79. The van der Waals surface area contributed by atoms with Gasteiger partial charge in [-0.3, -0.25) is 9.69 Å². The Bertz CT molecular complexity index is 1260. The van der Waals surface area contributed by atoms with E-state index in [1.807, 2.05) is 31.2 Å². The molecule has 33 heavy (non-hydrogen) atoms. The lowest BCUT2D eigenvalue weighted by Gasteiger charge is -2.50. The average molecular weight is 464 g/mol. The van der Waals surface area contributed by atoms with Crippen molar-refractivity contribution in [2.24, 2.45) is 0 Å². The Hall–Kier alpha value is -3.71. The van der Waals surface area contributed by atoms with Crippen molar-refractivity contribution in [2.75, 3.05) is 17.3 Å². The molecule has 0 aliphatic carbocycles. The van der Waals surface area contributed by atoms with Gasteiger partial charge in [-0.25, -0.2) is 4.79 Å². The first-order valence-electron chi connectivity index (χ1n) is 10.5. The van der Waals surface area contributed by atoms with Crippen LogP contribution >= 0.6 is 11.6 Å². The maximum absolute atomic E-state index is 13.1.